The van der Waals surface area contributed by atoms with Crippen LogP contribution in [0.1, 0.15) is 15.9 Å². The number of aromatic carboxylic acids is 1. The van der Waals surface area contributed by atoms with E-state index in [2.05, 4.69) is 20.7 Å². The van der Waals surface area contributed by atoms with E-state index in [4.69, 9.17) is 0 Å². The molecule has 2 N–H and O–H groups in total. The Balaban J connectivity index is 2.50. The highest BCUT2D eigenvalue weighted by Crippen LogP contribution is 2.28. The maximum atomic E-state index is 12.3. The molecule has 0 unspecified atom stereocenters. The van der Waals surface area contributed by atoms with Gasteiger partial charge >= 0.3 is 5.97 Å². The van der Waals surface area contributed by atoms with E-state index >= 15 is 0 Å². The highest BCUT2D eigenvalue weighted by atomic mass is 79.9. The van der Waals surface area contributed by atoms with Gasteiger partial charge in [-0.2, -0.15) is 0 Å². The normalized spacial score (nSPS) is 11.1. The van der Waals surface area contributed by atoms with Crippen molar-refractivity contribution in [3.8, 4) is 0 Å². The van der Waals surface area contributed by atoms with Crippen LogP contribution >= 0.6 is 15.9 Å². The standard InChI is InChI=1S/C14H12BrNO4S/c1-9-11(15)7-8-12(13(9)14(17)18)16-21(19,20)10-5-3-2-4-6-10/h2-8,16H,1H3,(H,17,18). The number of hydrogen-bond donors (Lipinski definition) is 2. The van der Waals surface area contributed by atoms with Crippen molar-refractivity contribution in [3.63, 3.8) is 0 Å². The fourth-order valence-electron chi connectivity index (χ4n) is 1.85. The number of carboxylic acid groups (broad SMARTS) is 1. The summed E-state index contributed by atoms with van der Waals surface area (Å²) < 4.78 is 27.4. The molecule has 110 valence electrons. The zero-order chi connectivity index (χ0) is 15.6. The second-order valence-corrected chi connectivity index (χ2v) is 6.86. The molecule has 0 aliphatic rings. The van der Waals surface area contributed by atoms with Crippen LogP contribution in [-0.4, -0.2) is 19.5 Å². The number of anilines is 1. The molecule has 0 saturated carbocycles. The monoisotopic (exact) mass is 369 g/mol. The molecular formula is C14H12BrNO4S. The zero-order valence-electron chi connectivity index (χ0n) is 11.0. The highest BCUT2D eigenvalue weighted by Gasteiger charge is 2.20. The van der Waals surface area contributed by atoms with Crippen LogP contribution in [0.4, 0.5) is 5.69 Å². The summed E-state index contributed by atoms with van der Waals surface area (Å²) in [6.45, 7) is 1.61. The third-order valence-electron chi connectivity index (χ3n) is 2.91. The molecule has 0 amide bonds. The van der Waals surface area contributed by atoms with Crippen LogP contribution in [0.25, 0.3) is 0 Å². The summed E-state index contributed by atoms with van der Waals surface area (Å²) in [4.78, 5) is 11.4. The predicted molar refractivity (Wildman–Crippen MR) is 83.1 cm³/mol. The lowest BCUT2D eigenvalue weighted by atomic mass is 10.1. The minimum Gasteiger partial charge on any atom is -0.478 e. The Bertz CT molecular complexity index is 788. The van der Waals surface area contributed by atoms with E-state index in [1.807, 2.05) is 0 Å². The first-order valence-corrected chi connectivity index (χ1v) is 8.21. The van der Waals surface area contributed by atoms with Crippen LogP contribution in [0.2, 0.25) is 0 Å². The van der Waals surface area contributed by atoms with Gasteiger partial charge in [0.05, 0.1) is 16.1 Å². The van der Waals surface area contributed by atoms with Crippen molar-refractivity contribution in [2.75, 3.05) is 4.72 Å². The van der Waals surface area contributed by atoms with Gasteiger partial charge in [-0.1, -0.05) is 34.1 Å². The van der Waals surface area contributed by atoms with E-state index in [9.17, 15) is 18.3 Å². The summed E-state index contributed by atoms with van der Waals surface area (Å²) in [5.74, 6) is -1.19. The number of sulfonamides is 1. The number of carboxylic acids is 1. The first-order chi connectivity index (χ1) is 9.83. The number of halogens is 1. The van der Waals surface area contributed by atoms with Gasteiger partial charge in [-0.25, -0.2) is 13.2 Å². The maximum absolute atomic E-state index is 12.3. The van der Waals surface area contributed by atoms with Gasteiger partial charge < -0.3 is 5.11 Å². The molecule has 7 heteroatoms. The number of hydrogen-bond acceptors (Lipinski definition) is 3. The fraction of sp³-hybridized carbons (Fsp3) is 0.0714. The van der Waals surface area contributed by atoms with Crippen molar-refractivity contribution in [2.24, 2.45) is 0 Å². The van der Waals surface area contributed by atoms with Crippen molar-refractivity contribution in [2.45, 2.75) is 11.8 Å². The summed E-state index contributed by atoms with van der Waals surface area (Å²) in [7, 11) is -3.83. The molecule has 0 atom stereocenters. The van der Waals surface area contributed by atoms with Crippen molar-refractivity contribution < 1.29 is 18.3 Å². The molecule has 21 heavy (non-hydrogen) atoms. The van der Waals surface area contributed by atoms with E-state index in [-0.39, 0.29) is 16.1 Å². The van der Waals surface area contributed by atoms with Crippen LogP contribution in [0, 0.1) is 6.92 Å². The topological polar surface area (TPSA) is 83.5 Å². The van der Waals surface area contributed by atoms with Gasteiger partial charge in [0.15, 0.2) is 0 Å². The summed E-state index contributed by atoms with van der Waals surface area (Å²) in [5.41, 5.74) is 0.409. The molecule has 0 saturated heterocycles. The number of rotatable bonds is 4. The quantitative estimate of drug-likeness (QED) is 0.866. The molecule has 0 heterocycles. The van der Waals surface area contributed by atoms with Crippen LogP contribution in [-0.2, 0) is 10.0 Å². The van der Waals surface area contributed by atoms with E-state index in [0.717, 1.165) is 0 Å². The molecule has 2 aromatic carbocycles. The van der Waals surface area contributed by atoms with Crippen molar-refractivity contribution in [3.05, 3.63) is 58.1 Å². The molecule has 0 aromatic heterocycles. The summed E-state index contributed by atoms with van der Waals surface area (Å²) in [6, 6.07) is 10.8. The lowest BCUT2D eigenvalue weighted by Crippen LogP contribution is -2.16. The Kier molecular flexibility index (Phi) is 4.34. The van der Waals surface area contributed by atoms with Crippen LogP contribution in [0.5, 0.6) is 0 Å². The van der Waals surface area contributed by atoms with Gasteiger partial charge in [0.1, 0.15) is 0 Å². The Labute approximate surface area is 130 Å². The molecule has 0 radical (unpaired) electrons. The minimum absolute atomic E-state index is 0.0343. The van der Waals surface area contributed by atoms with Crippen LogP contribution < -0.4 is 4.72 Å². The molecule has 0 bridgehead atoms. The van der Waals surface area contributed by atoms with Gasteiger partial charge in [0, 0.05) is 4.47 Å². The Morgan fingerprint density at radius 1 is 1.14 bits per heavy atom. The lowest BCUT2D eigenvalue weighted by molar-refractivity contribution is 0.0697. The smallest absolute Gasteiger partial charge is 0.338 e. The van der Waals surface area contributed by atoms with E-state index in [1.54, 1.807) is 31.2 Å². The lowest BCUT2D eigenvalue weighted by Gasteiger charge is -2.13. The SMILES string of the molecule is Cc1c(Br)ccc(NS(=O)(=O)c2ccccc2)c1C(=O)O. The zero-order valence-corrected chi connectivity index (χ0v) is 13.4. The Morgan fingerprint density at radius 2 is 1.76 bits per heavy atom. The molecule has 0 aliphatic heterocycles. The van der Waals surface area contributed by atoms with Crippen molar-refractivity contribution >= 4 is 37.6 Å². The molecule has 5 nitrogen and oxygen atoms in total. The second kappa shape index (κ2) is 5.87. The average molecular weight is 370 g/mol. The fourth-order valence-corrected chi connectivity index (χ4v) is 3.27. The van der Waals surface area contributed by atoms with Gasteiger partial charge in [0.25, 0.3) is 10.0 Å². The summed E-state index contributed by atoms with van der Waals surface area (Å²) in [6.07, 6.45) is 0. The highest BCUT2D eigenvalue weighted by molar-refractivity contribution is 9.10. The largest absolute Gasteiger partial charge is 0.478 e. The third kappa shape index (κ3) is 3.25. The maximum Gasteiger partial charge on any atom is 0.338 e. The Hall–Kier alpha value is -1.86. The number of carbonyl (C=O) groups is 1. The van der Waals surface area contributed by atoms with Gasteiger partial charge in [-0.3, -0.25) is 4.72 Å². The van der Waals surface area contributed by atoms with Gasteiger partial charge in [-0.15, -0.1) is 0 Å². The molecule has 2 rings (SSSR count). The molecular weight excluding hydrogens is 358 g/mol. The summed E-state index contributed by atoms with van der Waals surface area (Å²) >= 11 is 3.23. The van der Waals surface area contributed by atoms with Crippen molar-refractivity contribution in [1.29, 1.82) is 0 Å². The van der Waals surface area contributed by atoms with E-state index in [0.29, 0.717) is 10.0 Å². The molecule has 0 aliphatic carbocycles. The average Bonchev–Trinajstić information content (AvgIpc) is 2.43. The first-order valence-electron chi connectivity index (χ1n) is 5.93. The van der Waals surface area contributed by atoms with E-state index in [1.165, 1.54) is 18.2 Å². The molecule has 2 aromatic rings. The minimum atomic E-state index is -3.83. The second-order valence-electron chi connectivity index (χ2n) is 4.32. The van der Waals surface area contributed by atoms with Crippen LogP contribution in [0.3, 0.4) is 0 Å². The van der Waals surface area contributed by atoms with Gasteiger partial charge in [-0.05, 0) is 36.8 Å². The Morgan fingerprint density at radius 3 is 2.33 bits per heavy atom. The van der Waals surface area contributed by atoms with E-state index < -0.39 is 16.0 Å². The molecule has 0 spiro atoms. The number of nitrogens with one attached hydrogen (secondary N) is 1. The first kappa shape index (κ1) is 15.5. The number of benzene rings is 2. The molecule has 0 fully saturated rings. The third-order valence-corrected chi connectivity index (χ3v) is 5.15. The van der Waals surface area contributed by atoms with Crippen molar-refractivity contribution in [1.82, 2.24) is 0 Å². The van der Waals surface area contributed by atoms with Crippen LogP contribution in [0.15, 0.2) is 51.8 Å². The summed E-state index contributed by atoms with van der Waals surface area (Å²) in [5, 5.41) is 9.28. The van der Waals surface area contributed by atoms with Gasteiger partial charge in [0.2, 0.25) is 0 Å². The predicted octanol–water partition coefficient (Wildman–Crippen LogP) is 3.26.